The average Bonchev–Trinajstić information content (AvgIpc) is 2.70. The Kier molecular flexibility index (Phi) is 7.08. The number of pyridine rings is 1. The summed E-state index contributed by atoms with van der Waals surface area (Å²) >= 11 is 0. The van der Waals surface area contributed by atoms with Crippen LogP contribution in [0.5, 0.6) is 0 Å². The molecule has 2 atom stereocenters. The monoisotopic (exact) mass is 364 g/mol. The number of methoxy groups -OCH3 is 3. The van der Waals surface area contributed by atoms with E-state index in [9.17, 15) is 14.4 Å². The maximum absolute atomic E-state index is 12.0. The lowest BCUT2D eigenvalue weighted by atomic mass is 9.90. The number of aromatic nitrogens is 1. The van der Waals surface area contributed by atoms with E-state index in [1.54, 1.807) is 0 Å². The van der Waals surface area contributed by atoms with E-state index in [-0.39, 0.29) is 29.1 Å². The Morgan fingerprint density at radius 1 is 1.04 bits per heavy atom. The van der Waals surface area contributed by atoms with Gasteiger partial charge in [-0.25, -0.2) is 9.59 Å². The van der Waals surface area contributed by atoms with Crippen LogP contribution in [0.25, 0.3) is 0 Å². The molecule has 1 saturated heterocycles. The molecule has 0 radical (unpaired) electrons. The van der Waals surface area contributed by atoms with Crippen LogP contribution in [0.2, 0.25) is 0 Å². The maximum Gasteiger partial charge on any atom is 0.339 e. The first-order valence-corrected chi connectivity index (χ1v) is 8.46. The van der Waals surface area contributed by atoms with Crippen LogP contribution in [0.1, 0.15) is 45.5 Å². The molecule has 26 heavy (non-hydrogen) atoms. The van der Waals surface area contributed by atoms with Crippen molar-refractivity contribution < 1.29 is 28.6 Å². The second kappa shape index (κ2) is 9.28. The highest BCUT2D eigenvalue weighted by atomic mass is 16.5. The lowest BCUT2D eigenvalue weighted by molar-refractivity contribution is -0.146. The number of hydrogen-bond donors (Lipinski definition) is 1. The van der Waals surface area contributed by atoms with E-state index in [2.05, 4.69) is 10.3 Å². The molecule has 2 heterocycles. The minimum Gasteiger partial charge on any atom is -0.469 e. The van der Waals surface area contributed by atoms with E-state index in [1.165, 1.54) is 33.7 Å². The molecule has 1 aromatic heterocycles. The van der Waals surface area contributed by atoms with Gasteiger partial charge in [0.05, 0.1) is 38.4 Å². The molecule has 0 amide bonds. The Balaban J connectivity index is 2.10. The average molecular weight is 364 g/mol. The van der Waals surface area contributed by atoms with Crippen molar-refractivity contribution >= 4 is 17.9 Å². The maximum atomic E-state index is 12.0. The number of nitrogens with zero attached hydrogens (tertiary/aromatic N) is 1. The van der Waals surface area contributed by atoms with Crippen molar-refractivity contribution in [3.63, 3.8) is 0 Å². The van der Waals surface area contributed by atoms with Crippen molar-refractivity contribution in [2.24, 2.45) is 5.92 Å². The summed E-state index contributed by atoms with van der Waals surface area (Å²) < 4.78 is 14.4. The van der Waals surface area contributed by atoms with Gasteiger partial charge in [0, 0.05) is 25.0 Å². The standard InChI is InChI=1S/C18H24N2O6/c1-24-16(21)11-4-5-12(20-8-11)6-7-13-14(17(22)25-2)9-19-10-15(13)18(23)26-3/h9-12,20H,4-8H2,1-3H3. The Morgan fingerprint density at radius 2 is 1.65 bits per heavy atom. The predicted octanol–water partition coefficient (Wildman–Crippen LogP) is 1.13. The van der Waals surface area contributed by atoms with Crippen molar-refractivity contribution in [3.05, 3.63) is 29.1 Å². The summed E-state index contributed by atoms with van der Waals surface area (Å²) in [5.41, 5.74) is 1.09. The molecular formula is C18H24N2O6. The molecule has 0 spiro atoms. The number of hydrogen-bond acceptors (Lipinski definition) is 8. The third-order valence-electron chi connectivity index (χ3n) is 4.66. The zero-order valence-corrected chi connectivity index (χ0v) is 15.2. The van der Waals surface area contributed by atoms with Crippen LogP contribution in [-0.2, 0) is 25.4 Å². The largest absolute Gasteiger partial charge is 0.469 e. The summed E-state index contributed by atoms with van der Waals surface area (Å²) in [7, 11) is 3.96. The van der Waals surface area contributed by atoms with Gasteiger partial charge in [-0.3, -0.25) is 9.78 Å². The fraction of sp³-hybridized carbons (Fsp3) is 0.556. The molecule has 0 saturated carbocycles. The fourth-order valence-electron chi connectivity index (χ4n) is 3.18. The zero-order chi connectivity index (χ0) is 19.1. The Morgan fingerprint density at radius 3 is 2.12 bits per heavy atom. The molecule has 1 aliphatic heterocycles. The van der Waals surface area contributed by atoms with Gasteiger partial charge in [-0.15, -0.1) is 0 Å². The van der Waals surface area contributed by atoms with Gasteiger partial charge in [-0.1, -0.05) is 0 Å². The third kappa shape index (κ3) is 4.57. The Labute approximate surface area is 152 Å². The molecule has 8 heteroatoms. The molecule has 0 aromatic carbocycles. The predicted molar refractivity (Wildman–Crippen MR) is 91.8 cm³/mol. The molecule has 142 valence electrons. The molecule has 1 aliphatic rings. The number of carbonyl (C=O) groups excluding carboxylic acids is 3. The van der Waals surface area contributed by atoms with Gasteiger partial charge in [0.2, 0.25) is 0 Å². The molecule has 2 unspecified atom stereocenters. The fourth-order valence-corrected chi connectivity index (χ4v) is 3.18. The number of piperidine rings is 1. The Hall–Kier alpha value is -2.48. The first-order valence-electron chi connectivity index (χ1n) is 8.46. The lowest BCUT2D eigenvalue weighted by Crippen LogP contribution is -2.42. The summed E-state index contributed by atoms with van der Waals surface area (Å²) in [4.78, 5) is 39.6. The van der Waals surface area contributed by atoms with Crippen LogP contribution >= 0.6 is 0 Å². The van der Waals surface area contributed by atoms with Gasteiger partial charge in [-0.05, 0) is 31.2 Å². The van der Waals surface area contributed by atoms with Crippen molar-refractivity contribution in [1.29, 1.82) is 0 Å². The van der Waals surface area contributed by atoms with Gasteiger partial charge in [0.25, 0.3) is 0 Å². The van der Waals surface area contributed by atoms with Crippen LogP contribution in [0.3, 0.4) is 0 Å². The number of rotatable bonds is 6. The van der Waals surface area contributed by atoms with E-state index in [0.717, 1.165) is 12.8 Å². The van der Waals surface area contributed by atoms with E-state index in [1.807, 2.05) is 0 Å². The second-order valence-corrected chi connectivity index (χ2v) is 6.14. The minimum absolute atomic E-state index is 0.131. The summed E-state index contributed by atoms with van der Waals surface area (Å²) in [5, 5.41) is 3.33. The minimum atomic E-state index is -0.541. The van der Waals surface area contributed by atoms with E-state index >= 15 is 0 Å². The van der Waals surface area contributed by atoms with Gasteiger partial charge in [0.15, 0.2) is 0 Å². The molecule has 1 N–H and O–H groups in total. The van der Waals surface area contributed by atoms with Crippen molar-refractivity contribution in [2.75, 3.05) is 27.9 Å². The molecule has 0 aliphatic carbocycles. The molecule has 1 aromatic rings. The number of esters is 3. The molecule has 2 rings (SSSR count). The smallest absolute Gasteiger partial charge is 0.339 e. The highest BCUT2D eigenvalue weighted by Crippen LogP contribution is 2.22. The van der Waals surface area contributed by atoms with Gasteiger partial charge < -0.3 is 19.5 Å². The second-order valence-electron chi connectivity index (χ2n) is 6.14. The number of ether oxygens (including phenoxy) is 3. The summed E-state index contributed by atoms with van der Waals surface area (Å²) in [6.07, 6.45) is 5.54. The van der Waals surface area contributed by atoms with Gasteiger partial charge in [0.1, 0.15) is 0 Å². The van der Waals surface area contributed by atoms with Crippen molar-refractivity contribution in [2.45, 2.75) is 31.7 Å². The highest BCUT2D eigenvalue weighted by Gasteiger charge is 2.27. The molecular weight excluding hydrogens is 340 g/mol. The van der Waals surface area contributed by atoms with Crippen molar-refractivity contribution in [1.82, 2.24) is 10.3 Å². The SMILES string of the molecule is COC(=O)c1cncc(C(=O)OC)c1CCC1CCC(C(=O)OC)CN1. The normalized spacial score (nSPS) is 19.5. The molecule has 1 fully saturated rings. The number of nitrogens with one attached hydrogen (secondary N) is 1. The van der Waals surface area contributed by atoms with Crippen LogP contribution in [0, 0.1) is 5.92 Å². The van der Waals surface area contributed by atoms with Crippen LogP contribution in [0.15, 0.2) is 12.4 Å². The van der Waals surface area contributed by atoms with Gasteiger partial charge >= 0.3 is 17.9 Å². The number of carbonyl (C=O) groups is 3. The van der Waals surface area contributed by atoms with E-state index in [0.29, 0.717) is 24.9 Å². The van der Waals surface area contributed by atoms with E-state index < -0.39 is 11.9 Å². The van der Waals surface area contributed by atoms with Crippen LogP contribution in [-0.4, -0.2) is 56.8 Å². The Bertz CT molecular complexity index is 633. The first kappa shape index (κ1) is 19.8. The lowest BCUT2D eigenvalue weighted by Gasteiger charge is -2.28. The molecule has 8 nitrogen and oxygen atoms in total. The topological polar surface area (TPSA) is 104 Å². The van der Waals surface area contributed by atoms with E-state index in [4.69, 9.17) is 14.2 Å². The zero-order valence-electron chi connectivity index (χ0n) is 15.2. The quantitative estimate of drug-likeness (QED) is 0.592. The summed E-state index contributed by atoms with van der Waals surface area (Å²) in [5.74, 6) is -1.42. The summed E-state index contributed by atoms with van der Waals surface area (Å²) in [6, 6.07) is 0.181. The first-order chi connectivity index (χ1) is 12.5. The van der Waals surface area contributed by atoms with Crippen LogP contribution < -0.4 is 5.32 Å². The summed E-state index contributed by atoms with van der Waals surface area (Å²) in [6.45, 7) is 0.557. The van der Waals surface area contributed by atoms with Gasteiger partial charge in [-0.2, -0.15) is 0 Å². The highest BCUT2D eigenvalue weighted by molar-refractivity contribution is 5.97. The van der Waals surface area contributed by atoms with Crippen LogP contribution in [0.4, 0.5) is 0 Å². The third-order valence-corrected chi connectivity index (χ3v) is 4.66. The van der Waals surface area contributed by atoms with Crippen molar-refractivity contribution in [3.8, 4) is 0 Å². The molecule has 0 bridgehead atoms.